The summed E-state index contributed by atoms with van der Waals surface area (Å²) >= 11 is 5.96. The van der Waals surface area contributed by atoms with Gasteiger partial charge in [0, 0.05) is 29.7 Å². The fraction of sp³-hybridized carbons (Fsp3) is 0.526. The van der Waals surface area contributed by atoms with E-state index < -0.39 is 0 Å². The highest BCUT2D eigenvalue weighted by Gasteiger charge is 2.18. The Morgan fingerprint density at radius 2 is 2.04 bits per heavy atom. The Hall–Kier alpha value is -1.30. The van der Waals surface area contributed by atoms with E-state index in [0.29, 0.717) is 28.9 Å². The summed E-state index contributed by atoms with van der Waals surface area (Å²) in [6, 6.07) is 6.44. The lowest BCUT2D eigenvalue weighted by atomic mass is 9.89. The van der Waals surface area contributed by atoms with Crippen LogP contribution in [0.4, 0.5) is 4.39 Å². The summed E-state index contributed by atoms with van der Waals surface area (Å²) in [4.78, 5) is 0. The third kappa shape index (κ3) is 5.60. The maximum absolute atomic E-state index is 13.9. The van der Waals surface area contributed by atoms with Crippen molar-refractivity contribution in [2.45, 2.75) is 51.8 Å². The van der Waals surface area contributed by atoms with Crippen LogP contribution >= 0.6 is 24.0 Å². The summed E-state index contributed by atoms with van der Waals surface area (Å²) < 4.78 is 21.7. The predicted octanol–water partition coefficient (Wildman–Crippen LogP) is 4.98. The molecule has 1 N–H and O–H groups in total. The largest absolute Gasteiger partial charge is 0.473 e. The topological polar surface area (TPSA) is 39.1 Å². The molecule has 0 atom stereocenters. The average molecular weight is 402 g/mol. The van der Waals surface area contributed by atoms with Gasteiger partial charge in [-0.3, -0.25) is 0 Å². The Bertz CT molecular complexity index is 702. The molecule has 0 saturated heterocycles. The van der Waals surface area contributed by atoms with Crippen LogP contribution in [0.2, 0.25) is 5.02 Å². The van der Waals surface area contributed by atoms with E-state index in [2.05, 4.69) is 10.4 Å². The zero-order chi connectivity index (χ0) is 17.6. The summed E-state index contributed by atoms with van der Waals surface area (Å²) in [5.41, 5.74) is 1.38. The van der Waals surface area contributed by atoms with Gasteiger partial charge in [0.15, 0.2) is 0 Å². The van der Waals surface area contributed by atoms with E-state index in [0.717, 1.165) is 12.2 Å². The predicted molar refractivity (Wildman–Crippen MR) is 105 cm³/mol. The van der Waals surface area contributed by atoms with Crippen molar-refractivity contribution in [1.29, 1.82) is 0 Å². The number of halogens is 3. The van der Waals surface area contributed by atoms with Gasteiger partial charge < -0.3 is 10.1 Å². The molecule has 4 nitrogen and oxygen atoms in total. The van der Waals surface area contributed by atoms with E-state index >= 15 is 0 Å². The van der Waals surface area contributed by atoms with Gasteiger partial charge >= 0.3 is 0 Å². The molecule has 144 valence electrons. The van der Waals surface area contributed by atoms with Crippen LogP contribution < -0.4 is 10.1 Å². The van der Waals surface area contributed by atoms with E-state index in [1.165, 1.54) is 38.2 Å². The van der Waals surface area contributed by atoms with E-state index in [1.54, 1.807) is 12.1 Å². The molecule has 1 aromatic carbocycles. The van der Waals surface area contributed by atoms with Gasteiger partial charge in [-0.05, 0) is 44.0 Å². The zero-order valence-corrected chi connectivity index (χ0v) is 16.6. The Morgan fingerprint density at radius 3 is 2.77 bits per heavy atom. The van der Waals surface area contributed by atoms with Crippen LogP contribution in [0.1, 0.15) is 43.4 Å². The molecule has 1 heterocycles. The number of nitrogens with one attached hydrogen (secondary N) is 1. The molecule has 0 bridgehead atoms. The van der Waals surface area contributed by atoms with Crippen molar-refractivity contribution in [2.75, 3.05) is 7.05 Å². The lowest BCUT2D eigenvalue weighted by Gasteiger charge is -2.22. The lowest BCUT2D eigenvalue weighted by molar-refractivity contribution is 0.242. The minimum Gasteiger partial charge on any atom is -0.473 e. The number of nitrogens with zero attached hydrogens (tertiary/aromatic N) is 2. The van der Waals surface area contributed by atoms with Gasteiger partial charge in [0.25, 0.3) is 0 Å². The Kier molecular flexibility index (Phi) is 8.19. The average Bonchev–Trinajstić information content (AvgIpc) is 2.98. The molecule has 0 spiro atoms. The van der Waals surface area contributed by atoms with Crippen LogP contribution in [0.25, 0.3) is 0 Å². The fourth-order valence-corrected chi connectivity index (χ4v) is 3.58. The molecule has 7 heteroatoms. The molecule has 3 rings (SSSR count). The van der Waals surface area contributed by atoms with Crippen molar-refractivity contribution >= 4 is 24.0 Å². The van der Waals surface area contributed by atoms with E-state index in [1.807, 2.05) is 17.8 Å². The van der Waals surface area contributed by atoms with Gasteiger partial charge in [0.2, 0.25) is 5.88 Å². The minimum atomic E-state index is -0.307. The first-order chi connectivity index (χ1) is 12.2. The first kappa shape index (κ1) is 21.0. The van der Waals surface area contributed by atoms with Crippen LogP contribution in [0, 0.1) is 11.7 Å². The zero-order valence-electron chi connectivity index (χ0n) is 15.0. The van der Waals surface area contributed by atoms with Crippen molar-refractivity contribution in [3.8, 4) is 5.88 Å². The monoisotopic (exact) mass is 401 g/mol. The highest BCUT2D eigenvalue weighted by atomic mass is 35.5. The normalized spacial score (nSPS) is 14.9. The SMILES string of the molecule is CNCc1cc(OCc2cc(Cl)ccc2F)n(CC2CCCCC2)n1.Cl. The molecule has 0 unspecified atom stereocenters. The summed E-state index contributed by atoms with van der Waals surface area (Å²) in [6.45, 7) is 1.68. The van der Waals surface area contributed by atoms with Crippen LogP contribution in [0.5, 0.6) is 5.88 Å². The summed E-state index contributed by atoms with van der Waals surface area (Å²) in [7, 11) is 1.89. The number of aromatic nitrogens is 2. The lowest BCUT2D eigenvalue weighted by Crippen LogP contribution is -2.16. The first-order valence-electron chi connectivity index (χ1n) is 8.93. The van der Waals surface area contributed by atoms with Gasteiger partial charge in [-0.2, -0.15) is 5.10 Å². The number of rotatable bonds is 7. The summed E-state index contributed by atoms with van der Waals surface area (Å²) in [5.74, 6) is 1.02. The standard InChI is InChI=1S/C19H25ClFN3O.ClH/c1-22-11-17-10-19(24(23-17)12-14-5-3-2-4-6-14)25-13-15-9-16(20)7-8-18(15)21;/h7-10,14,22H,2-6,11-13H2,1H3;1H. The molecule has 1 fully saturated rings. The van der Waals surface area contributed by atoms with Crippen molar-refractivity contribution < 1.29 is 9.13 Å². The van der Waals surface area contributed by atoms with Crippen LogP contribution in [-0.4, -0.2) is 16.8 Å². The van der Waals surface area contributed by atoms with Crippen LogP contribution in [-0.2, 0) is 19.7 Å². The number of ether oxygens (including phenoxy) is 1. The van der Waals surface area contributed by atoms with Gasteiger partial charge in [-0.15, -0.1) is 12.4 Å². The summed E-state index contributed by atoms with van der Waals surface area (Å²) in [5, 5.41) is 8.27. The van der Waals surface area contributed by atoms with Crippen molar-refractivity contribution in [3.63, 3.8) is 0 Å². The number of hydrogen-bond acceptors (Lipinski definition) is 3. The number of benzene rings is 1. The van der Waals surface area contributed by atoms with Crippen molar-refractivity contribution in [3.05, 3.63) is 46.4 Å². The highest BCUT2D eigenvalue weighted by molar-refractivity contribution is 6.30. The van der Waals surface area contributed by atoms with E-state index in [4.69, 9.17) is 16.3 Å². The summed E-state index contributed by atoms with van der Waals surface area (Å²) in [6.07, 6.45) is 6.39. The van der Waals surface area contributed by atoms with Crippen molar-refractivity contribution in [1.82, 2.24) is 15.1 Å². The highest BCUT2D eigenvalue weighted by Crippen LogP contribution is 2.27. The van der Waals surface area contributed by atoms with Crippen LogP contribution in [0.15, 0.2) is 24.3 Å². The third-order valence-electron chi connectivity index (χ3n) is 4.69. The molecule has 1 aromatic heterocycles. The van der Waals surface area contributed by atoms with Gasteiger partial charge in [-0.1, -0.05) is 30.9 Å². The van der Waals surface area contributed by atoms with E-state index in [-0.39, 0.29) is 24.8 Å². The molecule has 2 aromatic rings. The van der Waals surface area contributed by atoms with Gasteiger partial charge in [-0.25, -0.2) is 9.07 Å². The maximum Gasteiger partial charge on any atom is 0.212 e. The smallest absolute Gasteiger partial charge is 0.212 e. The third-order valence-corrected chi connectivity index (χ3v) is 4.93. The Morgan fingerprint density at radius 1 is 1.27 bits per heavy atom. The van der Waals surface area contributed by atoms with Gasteiger partial charge in [0.05, 0.1) is 5.69 Å². The molecule has 26 heavy (non-hydrogen) atoms. The minimum absolute atomic E-state index is 0. The quantitative estimate of drug-likeness (QED) is 0.710. The molecule has 0 amide bonds. The second kappa shape index (κ2) is 10.1. The molecule has 1 saturated carbocycles. The molecule has 0 aliphatic heterocycles. The Balaban J connectivity index is 0.00000243. The molecule has 1 aliphatic carbocycles. The first-order valence-corrected chi connectivity index (χ1v) is 9.31. The molecule has 0 radical (unpaired) electrons. The van der Waals surface area contributed by atoms with Gasteiger partial charge in [0.1, 0.15) is 12.4 Å². The van der Waals surface area contributed by atoms with Crippen molar-refractivity contribution in [2.24, 2.45) is 5.92 Å². The second-order valence-corrected chi connectivity index (χ2v) is 7.15. The maximum atomic E-state index is 13.9. The molecular formula is C19H26Cl2FN3O. The Labute approximate surface area is 165 Å². The van der Waals surface area contributed by atoms with E-state index in [9.17, 15) is 4.39 Å². The van der Waals surface area contributed by atoms with Crippen LogP contribution in [0.3, 0.4) is 0 Å². The molecular weight excluding hydrogens is 376 g/mol. The number of hydrogen-bond donors (Lipinski definition) is 1. The second-order valence-electron chi connectivity index (χ2n) is 6.71. The fourth-order valence-electron chi connectivity index (χ4n) is 3.38. The molecule has 1 aliphatic rings.